The smallest absolute Gasteiger partial charge is 0.337 e. The second-order valence-corrected chi connectivity index (χ2v) is 4.89. The Labute approximate surface area is 139 Å². The van der Waals surface area contributed by atoms with Gasteiger partial charge >= 0.3 is 12.0 Å². The van der Waals surface area contributed by atoms with Gasteiger partial charge in [0.1, 0.15) is 6.07 Å². The zero-order chi connectivity index (χ0) is 17.7. The number of allylic oxidation sites excluding steroid dienone is 1. The van der Waals surface area contributed by atoms with Crippen molar-refractivity contribution in [1.82, 2.24) is 10.6 Å². The number of hydrogen-bond donors (Lipinski definition) is 2. The van der Waals surface area contributed by atoms with E-state index in [1.54, 1.807) is 25.1 Å². The minimum absolute atomic E-state index is 0.206. The van der Waals surface area contributed by atoms with Gasteiger partial charge in [0.25, 0.3) is 0 Å². The predicted molar refractivity (Wildman–Crippen MR) is 83.2 cm³/mol. The van der Waals surface area contributed by atoms with Crippen molar-refractivity contribution in [3.63, 3.8) is 0 Å². The quantitative estimate of drug-likeness (QED) is 0.789. The highest BCUT2D eigenvalue weighted by Gasteiger charge is 2.34. The highest BCUT2D eigenvalue weighted by molar-refractivity contribution is 5.95. The molecule has 0 saturated heterocycles. The van der Waals surface area contributed by atoms with Crippen molar-refractivity contribution in [2.75, 3.05) is 20.8 Å². The van der Waals surface area contributed by atoms with E-state index < -0.39 is 18.0 Å². The number of para-hydroxylation sites is 1. The minimum atomic E-state index is -0.796. The van der Waals surface area contributed by atoms with Crippen LogP contribution in [0.15, 0.2) is 29.5 Å². The van der Waals surface area contributed by atoms with Gasteiger partial charge in [-0.05, 0) is 13.0 Å². The number of methoxy groups -OCH3 is 2. The molecular weight excluding hydrogens is 314 g/mol. The molecule has 0 saturated carbocycles. The third-order valence-electron chi connectivity index (χ3n) is 3.50. The van der Waals surface area contributed by atoms with Crippen LogP contribution in [0.1, 0.15) is 18.5 Å². The summed E-state index contributed by atoms with van der Waals surface area (Å²) >= 11 is 0. The van der Waals surface area contributed by atoms with E-state index in [1.165, 1.54) is 14.2 Å². The summed E-state index contributed by atoms with van der Waals surface area (Å²) in [4.78, 5) is 24.0. The number of amides is 2. The van der Waals surface area contributed by atoms with Gasteiger partial charge in [0.05, 0.1) is 25.8 Å². The van der Waals surface area contributed by atoms with Crippen LogP contribution in [0.25, 0.3) is 0 Å². The van der Waals surface area contributed by atoms with Crippen LogP contribution in [0.5, 0.6) is 11.5 Å². The summed E-state index contributed by atoms with van der Waals surface area (Å²) in [5, 5.41) is 14.0. The molecule has 1 atom stereocenters. The number of benzene rings is 1. The number of hydrogen-bond acceptors (Lipinski definition) is 6. The summed E-state index contributed by atoms with van der Waals surface area (Å²) in [6.07, 6.45) is 0. The molecule has 24 heavy (non-hydrogen) atoms. The molecule has 0 unspecified atom stereocenters. The third kappa shape index (κ3) is 3.25. The average molecular weight is 331 g/mol. The first kappa shape index (κ1) is 17.1. The molecule has 1 aliphatic rings. The van der Waals surface area contributed by atoms with Crippen LogP contribution >= 0.6 is 0 Å². The molecule has 0 aromatic heterocycles. The molecule has 8 nitrogen and oxygen atoms in total. The number of nitriles is 1. The van der Waals surface area contributed by atoms with Gasteiger partial charge in [0.15, 0.2) is 18.1 Å². The van der Waals surface area contributed by atoms with E-state index in [0.717, 1.165) is 0 Å². The lowest BCUT2D eigenvalue weighted by molar-refractivity contribution is -0.136. The number of urea groups is 1. The SMILES string of the molecule is COC(=O)C1=C(C)NC(=O)N[C@H]1c1cccc(OC)c1OCC#N. The Morgan fingerprint density at radius 1 is 1.38 bits per heavy atom. The number of carbonyl (C=O) groups is 2. The van der Waals surface area contributed by atoms with Gasteiger partial charge in [0.2, 0.25) is 0 Å². The van der Waals surface area contributed by atoms with Crippen LogP contribution in [0.3, 0.4) is 0 Å². The maximum Gasteiger partial charge on any atom is 0.337 e. The van der Waals surface area contributed by atoms with Crippen molar-refractivity contribution >= 4 is 12.0 Å². The van der Waals surface area contributed by atoms with Crippen LogP contribution < -0.4 is 20.1 Å². The Kier molecular flexibility index (Phi) is 5.27. The summed E-state index contributed by atoms with van der Waals surface area (Å²) in [7, 11) is 2.72. The van der Waals surface area contributed by atoms with E-state index in [4.69, 9.17) is 19.5 Å². The van der Waals surface area contributed by atoms with Gasteiger partial charge < -0.3 is 24.8 Å². The number of nitrogens with one attached hydrogen (secondary N) is 2. The summed E-state index contributed by atoms with van der Waals surface area (Å²) in [5.41, 5.74) is 1.11. The molecule has 2 amide bonds. The molecule has 0 aliphatic carbocycles. The predicted octanol–water partition coefficient (Wildman–Crippen LogP) is 1.40. The highest BCUT2D eigenvalue weighted by atomic mass is 16.5. The molecule has 1 aromatic rings. The third-order valence-corrected chi connectivity index (χ3v) is 3.50. The molecule has 1 aromatic carbocycles. The molecule has 8 heteroatoms. The Bertz CT molecular complexity index is 736. The van der Waals surface area contributed by atoms with Crippen molar-refractivity contribution in [2.24, 2.45) is 0 Å². The van der Waals surface area contributed by atoms with Crippen molar-refractivity contribution in [2.45, 2.75) is 13.0 Å². The molecule has 2 N–H and O–H groups in total. The van der Waals surface area contributed by atoms with Gasteiger partial charge in [-0.3, -0.25) is 0 Å². The van der Waals surface area contributed by atoms with E-state index in [-0.39, 0.29) is 17.9 Å². The molecule has 0 bridgehead atoms. The number of rotatable bonds is 5. The van der Waals surface area contributed by atoms with Gasteiger partial charge in [-0.2, -0.15) is 5.26 Å². The van der Waals surface area contributed by atoms with Crippen molar-refractivity contribution < 1.29 is 23.8 Å². The molecule has 1 aliphatic heterocycles. The van der Waals surface area contributed by atoms with Gasteiger partial charge in [-0.25, -0.2) is 9.59 Å². The van der Waals surface area contributed by atoms with Crippen molar-refractivity contribution in [3.05, 3.63) is 35.0 Å². The Balaban J connectivity index is 2.59. The fraction of sp³-hybridized carbons (Fsp3) is 0.312. The molecular formula is C16H17N3O5. The summed E-state index contributed by atoms with van der Waals surface area (Å²) in [6, 6.07) is 5.67. The van der Waals surface area contributed by atoms with Crippen LogP contribution in [0, 0.1) is 11.3 Å². The topological polar surface area (TPSA) is 110 Å². The fourth-order valence-corrected chi connectivity index (χ4v) is 2.49. The Morgan fingerprint density at radius 3 is 2.75 bits per heavy atom. The van der Waals surface area contributed by atoms with Gasteiger partial charge in [-0.1, -0.05) is 12.1 Å². The zero-order valence-corrected chi connectivity index (χ0v) is 13.5. The number of carbonyl (C=O) groups excluding carboxylic acids is 2. The lowest BCUT2D eigenvalue weighted by atomic mass is 9.94. The number of ether oxygens (including phenoxy) is 3. The Morgan fingerprint density at radius 2 is 2.12 bits per heavy atom. The molecule has 2 rings (SSSR count). The molecule has 0 spiro atoms. The summed E-state index contributed by atoms with van der Waals surface area (Å²) < 4.78 is 15.5. The van der Waals surface area contributed by atoms with Crippen molar-refractivity contribution in [1.29, 1.82) is 5.26 Å². The van der Waals surface area contributed by atoms with Crippen LogP contribution in [0.2, 0.25) is 0 Å². The molecule has 0 fully saturated rings. The van der Waals surface area contributed by atoms with E-state index in [0.29, 0.717) is 17.0 Å². The first-order valence-electron chi connectivity index (χ1n) is 7.06. The molecule has 1 heterocycles. The first-order chi connectivity index (χ1) is 11.5. The van der Waals surface area contributed by atoms with E-state index in [9.17, 15) is 9.59 Å². The lowest BCUT2D eigenvalue weighted by Gasteiger charge is -2.29. The maximum absolute atomic E-state index is 12.2. The fourth-order valence-electron chi connectivity index (χ4n) is 2.49. The zero-order valence-electron chi connectivity index (χ0n) is 13.5. The number of nitrogens with zero attached hydrogens (tertiary/aromatic N) is 1. The lowest BCUT2D eigenvalue weighted by Crippen LogP contribution is -2.45. The largest absolute Gasteiger partial charge is 0.493 e. The van der Waals surface area contributed by atoms with Crippen LogP contribution in [0.4, 0.5) is 4.79 Å². The number of esters is 1. The normalized spacial score (nSPS) is 16.6. The van der Waals surface area contributed by atoms with E-state index in [2.05, 4.69) is 10.6 Å². The molecule has 126 valence electrons. The standard InChI is InChI=1S/C16H17N3O5/c1-9-12(15(20)23-3)13(19-16(21)18-9)10-5-4-6-11(22-2)14(10)24-8-7-17/h4-6,13H,8H2,1-3H3,(H2,18,19,21)/t13-/m0/s1. The van der Waals surface area contributed by atoms with E-state index >= 15 is 0 Å². The first-order valence-corrected chi connectivity index (χ1v) is 7.06. The maximum atomic E-state index is 12.2. The van der Waals surface area contributed by atoms with E-state index in [1.807, 2.05) is 6.07 Å². The minimum Gasteiger partial charge on any atom is -0.493 e. The van der Waals surface area contributed by atoms with Crippen LogP contribution in [-0.4, -0.2) is 32.8 Å². The molecule has 0 radical (unpaired) electrons. The van der Waals surface area contributed by atoms with Crippen molar-refractivity contribution in [3.8, 4) is 17.6 Å². The second kappa shape index (κ2) is 7.37. The Hall–Kier alpha value is -3.21. The second-order valence-electron chi connectivity index (χ2n) is 4.89. The summed E-state index contributed by atoms with van der Waals surface area (Å²) in [5.74, 6) is 0.0828. The van der Waals surface area contributed by atoms with Gasteiger partial charge in [0, 0.05) is 11.3 Å². The monoisotopic (exact) mass is 331 g/mol. The van der Waals surface area contributed by atoms with Crippen LogP contribution in [-0.2, 0) is 9.53 Å². The average Bonchev–Trinajstić information content (AvgIpc) is 2.58. The summed E-state index contributed by atoms with van der Waals surface area (Å²) in [6.45, 7) is 1.40. The highest BCUT2D eigenvalue weighted by Crippen LogP contribution is 2.39. The van der Waals surface area contributed by atoms with Gasteiger partial charge in [-0.15, -0.1) is 0 Å².